The number of nitrogen functional groups attached to an aromatic ring is 1. The SMILES string of the molecule is C=CNc1nc(N)[nH]c(=O)c1C.CCCC.COCC(C)C(F)COO.[W]. The minimum atomic E-state index is -1.16. The van der Waals surface area contributed by atoms with Crippen molar-refractivity contribution in [2.45, 2.75) is 46.7 Å². The molecule has 5 N–H and O–H groups in total. The zero-order valence-corrected chi connectivity index (χ0v) is 19.7. The topological polar surface area (TPSA) is 122 Å². The number of anilines is 2. The van der Waals surface area contributed by atoms with Crippen molar-refractivity contribution in [3.05, 3.63) is 28.7 Å². The molecule has 0 aliphatic heterocycles. The van der Waals surface area contributed by atoms with Gasteiger partial charge in [0.25, 0.3) is 5.56 Å². The van der Waals surface area contributed by atoms with Crippen LogP contribution in [0, 0.1) is 12.8 Å². The molecule has 2 atom stereocenters. The molecule has 1 aromatic heterocycles. The molecule has 10 heteroatoms. The van der Waals surface area contributed by atoms with Gasteiger partial charge in [-0.1, -0.05) is 40.2 Å². The summed E-state index contributed by atoms with van der Waals surface area (Å²) in [7, 11) is 1.50. The fourth-order valence-corrected chi connectivity index (χ4v) is 1.39. The predicted molar refractivity (Wildman–Crippen MR) is 103 cm³/mol. The van der Waals surface area contributed by atoms with Gasteiger partial charge in [-0.2, -0.15) is 4.98 Å². The summed E-state index contributed by atoms with van der Waals surface area (Å²) in [5.74, 6) is 0.290. The summed E-state index contributed by atoms with van der Waals surface area (Å²) in [4.78, 5) is 21.0. The Labute approximate surface area is 174 Å². The Morgan fingerprint density at radius 1 is 1.41 bits per heavy atom. The van der Waals surface area contributed by atoms with Crippen molar-refractivity contribution in [1.29, 1.82) is 0 Å². The zero-order valence-electron chi connectivity index (χ0n) is 16.8. The molecular formula is C17H33FN4O4W. The second kappa shape index (κ2) is 19.5. The quantitative estimate of drug-likeness (QED) is 0.285. The Balaban J connectivity index is -0.000000350. The third-order valence-corrected chi connectivity index (χ3v) is 3.19. The number of aromatic nitrogens is 2. The number of nitrogens with one attached hydrogen (secondary N) is 2. The van der Waals surface area contributed by atoms with Crippen LogP contribution < -0.4 is 16.6 Å². The maximum atomic E-state index is 12.6. The number of H-pyrrole nitrogens is 1. The van der Waals surface area contributed by atoms with Crippen LogP contribution in [0.1, 0.15) is 39.2 Å². The van der Waals surface area contributed by atoms with Gasteiger partial charge in [-0.25, -0.2) is 9.28 Å². The molecular weight excluding hydrogens is 527 g/mol. The van der Waals surface area contributed by atoms with Crippen LogP contribution in [0.15, 0.2) is 17.6 Å². The van der Waals surface area contributed by atoms with E-state index in [2.05, 4.69) is 40.6 Å². The van der Waals surface area contributed by atoms with Gasteiger partial charge in [0.15, 0.2) is 0 Å². The second-order valence-corrected chi connectivity index (χ2v) is 5.52. The summed E-state index contributed by atoms with van der Waals surface area (Å²) >= 11 is 0. The number of ether oxygens (including phenoxy) is 1. The number of methoxy groups -OCH3 is 1. The van der Waals surface area contributed by atoms with Gasteiger partial charge in [-0.05, 0) is 13.1 Å². The van der Waals surface area contributed by atoms with Gasteiger partial charge >= 0.3 is 0 Å². The molecule has 0 saturated carbocycles. The maximum Gasteiger partial charge on any atom is 0.257 e. The molecule has 0 aromatic carbocycles. The molecule has 27 heavy (non-hydrogen) atoms. The number of halogens is 1. The number of unbranched alkanes of at least 4 members (excludes halogenated alkanes) is 1. The minimum Gasteiger partial charge on any atom is -0.384 e. The largest absolute Gasteiger partial charge is 0.384 e. The van der Waals surface area contributed by atoms with Gasteiger partial charge in [-0.15, -0.1) is 0 Å². The van der Waals surface area contributed by atoms with E-state index in [1.54, 1.807) is 13.8 Å². The summed E-state index contributed by atoms with van der Waals surface area (Å²) in [6, 6.07) is 0. The Morgan fingerprint density at radius 2 is 1.96 bits per heavy atom. The van der Waals surface area contributed by atoms with Gasteiger partial charge in [0.1, 0.15) is 18.6 Å². The van der Waals surface area contributed by atoms with Crippen LogP contribution in [-0.2, 0) is 30.7 Å². The van der Waals surface area contributed by atoms with E-state index in [1.807, 2.05) is 0 Å². The smallest absolute Gasteiger partial charge is 0.257 e. The van der Waals surface area contributed by atoms with E-state index in [1.165, 1.54) is 26.2 Å². The molecule has 0 saturated heterocycles. The van der Waals surface area contributed by atoms with Crippen molar-refractivity contribution in [1.82, 2.24) is 9.97 Å². The van der Waals surface area contributed by atoms with E-state index in [4.69, 9.17) is 15.7 Å². The Bertz CT molecular complexity index is 534. The van der Waals surface area contributed by atoms with Crippen molar-refractivity contribution in [2.24, 2.45) is 5.92 Å². The Hall–Kier alpha value is -1.28. The van der Waals surface area contributed by atoms with E-state index in [0.717, 1.165) is 0 Å². The van der Waals surface area contributed by atoms with Crippen LogP contribution in [0.25, 0.3) is 0 Å². The molecule has 0 bridgehead atoms. The first-order chi connectivity index (χ1) is 12.3. The van der Waals surface area contributed by atoms with E-state index in [0.29, 0.717) is 18.0 Å². The first-order valence-electron chi connectivity index (χ1n) is 8.41. The van der Waals surface area contributed by atoms with Crippen molar-refractivity contribution < 1.29 is 40.3 Å². The van der Waals surface area contributed by atoms with Crippen molar-refractivity contribution in [3.63, 3.8) is 0 Å². The minimum absolute atomic E-state index is 0. The molecule has 1 heterocycles. The van der Waals surface area contributed by atoms with Crippen LogP contribution in [0.2, 0.25) is 0 Å². The molecule has 0 amide bonds. The number of alkyl halides is 1. The molecule has 8 nitrogen and oxygen atoms in total. The van der Waals surface area contributed by atoms with Gasteiger partial charge in [0.05, 0.1) is 12.2 Å². The van der Waals surface area contributed by atoms with Crippen LogP contribution in [0.5, 0.6) is 0 Å². The molecule has 2 unspecified atom stereocenters. The Morgan fingerprint density at radius 3 is 2.37 bits per heavy atom. The van der Waals surface area contributed by atoms with E-state index in [9.17, 15) is 9.18 Å². The molecule has 1 rings (SSSR count). The molecule has 1 aromatic rings. The summed E-state index contributed by atoms with van der Waals surface area (Å²) in [6.07, 6.45) is 2.92. The molecule has 0 spiro atoms. The normalized spacial score (nSPS) is 11.5. The summed E-state index contributed by atoms with van der Waals surface area (Å²) < 4.78 is 17.3. The van der Waals surface area contributed by atoms with E-state index in [-0.39, 0.29) is 45.1 Å². The van der Waals surface area contributed by atoms with Gasteiger partial charge in [-0.3, -0.25) is 15.0 Å². The summed E-state index contributed by atoms with van der Waals surface area (Å²) in [5.41, 5.74) is 5.56. The number of hydrogen-bond acceptors (Lipinski definition) is 7. The van der Waals surface area contributed by atoms with Gasteiger partial charge in [0, 0.05) is 34.1 Å². The number of nitrogens with zero attached hydrogens (tertiary/aromatic N) is 1. The molecule has 0 fully saturated rings. The summed E-state index contributed by atoms with van der Waals surface area (Å²) in [6.45, 7) is 11.2. The van der Waals surface area contributed by atoms with E-state index >= 15 is 0 Å². The number of rotatable bonds is 8. The average molecular weight is 560 g/mol. The molecule has 158 valence electrons. The fourth-order valence-electron chi connectivity index (χ4n) is 1.39. The Kier molecular flexibility index (Phi) is 22.0. The van der Waals surface area contributed by atoms with Gasteiger partial charge < -0.3 is 15.8 Å². The van der Waals surface area contributed by atoms with Crippen molar-refractivity contribution in [3.8, 4) is 0 Å². The molecule has 0 radical (unpaired) electrons. The first kappa shape index (κ1) is 30.4. The fraction of sp³-hybridized carbons (Fsp3) is 0.647. The standard InChI is InChI=1S/C7H10N4O.C6H13FO3.C4H10.W/c1-3-9-5-4(2)6(12)11-7(8)10-5;1-5(3-9-2)6(7)4-10-8;1-3-4-2;/h3H,1H2,2H3,(H4,8,9,10,11,12);5-6,8H,3-4H2,1-2H3;3-4H2,1-2H3;. The average Bonchev–Trinajstić information content (AvgIpc) is 2.60. The monoisotopic (exact) mass is 560 g/mol. The first-order valence-corrected chi connectivity index (χ1v) is 8.41. The second-order valence-electron chi connectivity index (χ2n) is 5.52. The van der Waals surface area contributed by atoms with Crippen LogP contribution in [0.3, 0.4) is 0 Å². The predicted octanol–water partition coefficient (Wildman–Crippen LogP) is 3.12. The number of aromatic amines is 1. The van der Waals surface area contributed by atoms with Gasteiger partial charge in [0.2, 0.25) is 5.95 Å². The maximum absolute atomic E-state index is 12.6. The number of nitrogens with two attached hydrogens (primary N) is 1. The third kappa shape index (κ3) is 15.5. The van der Waals surface area contributed by atoms with E-state index < -0.39 is 6.17 Å². The van der Waals surface area contributed by atoms with Crippen LogP contribution in [-0.4, -0.2) is 41.7 Å². The molecule has 0 aliphatic rings. The van der Waals surface area contributed by atoms with Crippen molar-refractivity contribution in [2.75, 3.05) is 31.4 Å². The zero-order chi connectivity index (χ0) is 20.5. The number of hydrogen-bond donors (Lipinski definition) is 4. The third-order valence-electron chi connectivity index (χ3n) is 3.19. The molecule has 0 aliphatic carbocycles. The van der Waals surface area contributed by atoms with Crippen molar-refractivity contribution >= 4 is 11.8 Å². The summed E-state index contributed by atoms with van der Waals surface area (Å²) in [5, 5.41) is 10.6. The van der Waals surface area contributed by atoms with Crippen LogP contribution in [0.4, 0.5) is 16.2 Å². The van der Waals surface area contributed by atoms with Crippen LogP contribution >= 0.6 is 0 Å².